The maximum atomic E-state index is 12.9. The van der Waals surface area contributed by atoms with Gasteiger partial charge in [0.15, 0.2) is 0 Å². The molecule has 0 saturated heterocycles. The van der Waals surface area contributed by atoms with Crippen LogP contribution in [0.3, 0.4) is 0 Å². The van der Waals surface area contributed by atoms with Crippen molar-refractivity contribution in [2.45, 2.75) is 12.5 Å². The second-order valence-electron chi connectivity index (χ2n) is 6.67. The predicted molar refractivity (Wildman–Crippen MR) is 115 cm³/mol. The quantitative estimate of drug-likeness (QED) is 0.453. The number of methoxy groups -OCH3 is 1. The van der Waals surface area contributed by atoms with E-state index in [0.717, 1.165) is 16.4 Å². The number of para-hydroxylation sites is 1. The largest absolute Gasteiger partial charge is 0.493 e. The summed E-state index contributed by atoms with van der Waals surface area (Å²) < 4.78 is 15.4. The number of nitrogens with one attached hydrogen (secondary N) is 1. The van der Waals surface area contributed by atoms with E-state index in [-0.39, 0.29) is 12.3 Å². The van der Waals surface area contributed by atoms with Crippen LogP contribution in [0.2, 0.25) is 0 Å². The molecule has 0 unspecified atom stereocenters. The third kappa shape index (κ3) is 4.84. The highest BCUT2D eigenvalue weighted by molar-refractivity contribution is 6.61. The number of hydrogen-bond donors (Lipinski definition) is 1. The van der Waals surface area contributed by atoms with E-state index in [1.165, 1.54) is 7.11 Å². The van der Waals surface area contributed by atoms with Gasteiger partial charge in [-0.05, 0) is 23.2 Å². The first-order valence-corrected chi connectivity index (χ1v) is 9.44. The summed E-state index contributed by atoms with van der Waals surface area (Å²) in [6.07, 6.45) is 1.86. The molecule has 1 aromatic heterocycles. The number of ether oxygens (including phenoxy) is 1. The lowest BCUT2D eigenvalue weighted by Crippen LogP contribution is -2.43. The van der Waals surface area contributed by atoms with Crippen molar-refractivity contribution >= 4 is 35.4 Å². The van der Waals surface area contributed by atoms with Gasteiger partial charge in [0, 0.05) is 32.2 Å². The van der Waals surface area contributed by atoms with Crippen LogP contribution in [-0.2, 0) is 25.3 Å². The number of nitrogens with zero attached hydrogens (tertiary/aromatic N) is 1. The Kier molecular flexibility index (Phi) is 7.16. The summed E-state index contributed by atoms with van der Waals surface area (Å²) in [5, 5.41) is 3.51. The van der Waals surface area contributed by atoms with Gasteiger partial charge in [0.1, 0.15) is 6.04 Å². The highest BCUT2D eigenvalue weighted by Gasteiger charge is 2.24. The van der Waals surface area contributed by atoms with Crippen LogP contribution < -0.4 is 10.8 Å². The summed E-state index contributed by atoms with van der Waals surface area (Å²) in [7, 11) is 3.96. The zero-order valence-corrected chi connectivity index (χ0v) is 17.1. The number of rotatable bonds is 8. The van der Waals surface area contributed by atoms with Crippen LogP contribution in [0, 0.1) is 0 Å². The van der Waals surface area contributed by atoms with Crippen molar-refractivity contribution in [1.29, 1.82) is 0 Å². The first-order valence-electron chi connectivity index (χ1n) is 9.44. The van der Waals surface area contributed by atoms with E-state index in [4.69, 9.17) is 14.0 Å². The molecule has 0 bridgehead atoms. The molecule has 30 heavy (non-hydrogen) atoms. The number of carbonyl (C=O) groups excluding carboxylic acids is 2. The van der Waals surface area contributed by atoms with E-state index < -0.39 is 19.1 Å². The Morgan fingerprint density at radius 3 is 2.37 bits per heavy atom. The molecule has 0 aliphatic heterocycles. The standard InChI is InChI=1S/C22H23BN2O5/c1-28-22(27)20(14-15-8-10-16(11-9-15)23(29-2)30-3)25-21(26)18-12-13-24-19-7-5-4-6-17(18)19/h4-13,20H,14H2,1-3H3,(H,25,26)/t20-/m1/s1. The van der Waals surface area contributed by atoms with Crippen LogP contribution in [0.15, 0.2) is 60.8 Å². The number of esters is 1. The van der Waals surface area contributed by atoms with E-state index in [2.05, 4.69) is 10.3 Å². The van der Waals surface area contributed by atoms with Gasteiger partial charge in [-0.25, -0.2) is 4.79 Å². The highest BCUT2D eigenvalue weighted by Crippen LogP contribution is 2.16. The van der Waals surface area contributed by atoms with Gasteiger partial charge < -0.3 is 19.4 Å². The number of amides is 1. The van der Waals surface area contributed by atoms with Gasteiger partial charge in [-0.3, -0.25) is 9.78 Å². The third-order valence-corrected chi connectivity index (χ3v) is 4.80. The molecule has 1 heterocycles. The van der Waals surface area contributed by atoms with Gasteiger partial charge in [0.05, 0.1) is 18.2 Å². The minimum Gasteiger partial charge on any atom is -0.467 e. The van der Waals surface area contributed by atoms with Crippen molar-refractivity contribution in [3.05, 3.63) is 71.9 Å². The number of pyridine rings is 1. The molecule has 1 N–H and O–H groups in total. The number of hydrogen-bond acceptors (Lipinski definition) is 6. The third-order valence-electron chi connectivity index (χ3n) is 4.80. The van der Waals surface area contributed by atoms with E-state index >= 15 is 0 Å². The SMILES string of the molecule is COB(OC)c1ccc(C[C@@H](NC(=O)c2ccnc3ccccc23)C(=O)OC)cc1. The first-order chi connectivity index (χ1) is 14.6. The molecule has 0 aliphatic carbocycles. The molecule has 1 amide bonds. The molecule has 0 radical (unpaired) electrons. The van der Waals surface area contributed by atoms with Crippen LogP contribution in [0.25, 0.3) is 10.9 Å². The smallest absolute Gasteiger partial charge is 0.467 e. The van der Waals surface area contributed by atoms with Gasteiger partial charge in [-0.2, -0.15) is 0 Å². The molecule has 1 atom stereocenters. The van der Waals surface area contributed by atoms with Crippen molar-refractivity contribution in [1.82, 2.24) is 10.3 Å². The minimum atomic E-state index is -0.832. The van der Waals surface area contributed by atoms with Crippen molar-refractivity contribution in [3.63, 3.8) is 0 Å². The molecule has 0 saturated carbocycles. The van der Waals surface area contributed by atoms with E-state index in [0.29, 0.717) is 11.1 Å². The molecule has 2 aromatic carbocycles. The Bertz CT molecular complexity index is 1020. The van der Waals surface area contributed by atoms with Crippen molar-refractivity contribution in [2.75, 3.05) is 21.3 Å². The average molecular weight is 406 g/mol. The predicted octanol–water partition coefficient (Wildman–Crippen LogP) is 1.74. The molecular weight excluding hydrogens is 383 g/mol. The summed E-state index contributed by atoms with van der Waals surface area (Å²) >= 11 is 0. The Balaban J connectivity index is 1.79. The number of benzene rings is 2. The summed E-state index contributed by atoms with van der Waals surface area (Å²) in [5.41, 5.74) is 2.87. The van der Waals surface area contributed by atoms with Gasteiger partial charge in [0.2, 0.25) is 0 Å². The fourth-order valence-electron chi connectivity index (χ4n) is 3.28. The monoisotopic (exact) mass is 406 g/mol. The molecule has 8 heteroatoms. The molecule has 0 fully saturated rings. The lowest BCUT2D eigenvalue weighted by atomic mass is 9.78. The number of aromatic nitrogens is 1. The van der Waals surface area contributed by atoms with Crippen LogP contribution in [0.4, 0.5) is 0 Å². The Morgan fingerprint density at radius 2 is 1.70 bits per heavy atom. The van der Waals surface area contributed by atoms with Crippen LogP contribution in [0.1, 0.15) is 15.9 Å². The average Bonchev–Trinajstić information content (AvgIpc) is 2.79. The number of carbonyl (C=O) groups is 2. The zero-order valence-electron chi connectivity index (χ0n) is 17.1. The zero-order chi connectivity index (χ0) is 21.5. The lowest BCUT2D eigenvalue weighted by Gasteiger charge is -2.18. The van der Waals surface area contributed by atoms with Gasteiger partial charge in [-0.1, -0.05) is 42.5 Å². The van der Waals surface area contributed by atoms with Gasteiger partial charge in [0.25, 0.3) is 5.91 Å². The molecular formula is C22H23BN2O5. The maximum Gasteiger partial charge on any atom is 0.493 e. The summed E-state index contributed by atoms with van der Waals surface area (Å²) in [6, 6.07) is 15.6. The Morgan fingerprint density at radius 1 is 1.00 bits per heavy atom. The fourth-order valence-corrected chi connectivity index (χ4v) is 3.28. The molecule has 3 rings (SSSR count). The number of fused-ring (bicyclic) bond motifs is 1. The molecule has 0 aliphatic rings. The van der Waals surface area contributed by atoms with Crippen LogP contribution >= 0.6 is 0 Å². The molecule has 0 spiro atoms. The van der Waals surface area contributed by atoms with Crippen LogP contribution in [-0.4, -0.2) is 51.4 Å². The Hall–Kier alpha value is -3.23. The molecule has 154 valence electrons. The molecule has 7 nitrogen and oxygen atoms in total. The van der Waals surface area contributed by atoms with Gasteiger partial charge >= 0.3 is 13.1 Å². The van der Waals surface area contributed by atoms with Crippen LogP contribution in [0.5, 0.6) is 0 Å². The highest BCUT2D eigenvalue weighted by atomic mass is 16.6. The minimum absolute atomic E-state index is 0.284. The Labute approximate surface area is 175 Å². The van der Waals surface area contributed by atoms with E-state index in [1.807, 2.05) is 48.5 Å². The van der Waals surface area contributed by atoms with E-state index in [9.17, 15) is 9.59 Å². The lowest BCUT2D eigenvalue weighted by molar-refractivity contribution is -0.142. The van der Waals surface area contributed by atoms with Crippen molar-refractivity contribution in [3.8, 4) is 0 Å². The molecule has 3 aromatic rings. The second-order valence-corrected chi connectivity index (χ2v) is 6.67. The van der Waals surface area contributed by atoms with Crippen molar-refractivity contribution < 1.29 is 23.6 Å². The van der Waals surface area contributed by atoms with Crippen molar-refractivity contribution in [2.24, 2.45) is 0 Å². The summed E-state index contributed by atoms with van der Waals surface area (Å²) in [6.45, 7) is 0. The maximum absolute atomic E-state index is 12.9. The topological polar surface area (TPSA) is 86.8 Å². The summed E-state index contributed by atoms with van der Waals surface area (Å²) in [4.78, 5) is 29.5. The fraction of sp³-hybridized carbons (Fsp3) is 0.227. The van der Waals surface area contributed by atoms with E-state index in [1.54, 1.807) is 26.5 Å². The first kappa shape index (κ1) is 21.5. The van der Waals surface area contributed by atoms with Gasteiger partial charge in [-0.15, -0.1) is 0 Å². The second kappa shape index (κ2) is 10.0. The normalized spacial score (nSPS) is 11.7. The summed E-state index contributed by atoms with van der Waals surface area (Å²) in [5.74, 6) is -0.878.